The average Bonchev–Trinajstić information content (AvgIpc) is 3.45. The third-order valence-electron chi connectivity index (χ3n) is 5.96. The van der Waals surface area contributed by atoms with Gasteiger partial charge in [0.1, 0.15) is 0 Å². The van der Waals surface area contributed by atoms with Gasteiger partial charge in [-0.15, -0.1) is 0 Å². The Kier molecular flexibility index (Phi) is 4.02. The Morgan fingerprint density at radius 2 is 1.81 bits per heavy atom. The second kappa shape index (κ2) is 7.03. The summed E-state index contributed by atoms with van der Waals surface area (Å²) < 4.78 is 4.22. The minimum Gasteiger partial charge on any atom is -0.282 e. The number of hydrogen-bond donors (Lipinski definition) is 0. The fourth-order valence-electron chi connectivity index (χ4n) is 4.27. The lowest BCUT2D eigenvalue weighted by molar-refractivity contribution is 0.978. The first kappa shape index (κ1) is 18.3. The molecule has 0 bridgehead atoms. The van der Waals surface area contributed by atoms with E-state index in [0.29, 0.717) is 0 Å². The monoisotopic (exact) mass is 414 g/mol. The van der Waals surface area contributed by atoms with Gasteiger partial charge >= 0.3 is 0 Å². The van der Waals surface area contributed by atoms with Crippen LogP contribution in [0.2, 0.25) is 0 Å². The molecule has 0 saturated carbocycles. The van der Waals surface area contributed by atoms with Crippen molar-refractivity contribution in [1.29, 1.82) is 5.26 Å². The predicted molar refractivity (Wildman–Crippen MR) is 125 cm³/mol. The number of hydrogen-bond acceptors (Lipinski definition) is 4. The van der Waals surface area contributed by atoms with E-state index in [1.165, 1.54) is 0 Å². The first-order chi connectivity index (χ1) is 15.7. The molecule has 0 aliphatic rings. The molecule has 2 aromatic carbocycles. The van der Waals surface area contributed by atoms with E-state index in [1.807, 2.05) is 43.7 Å². The van der Waals surface area contributed by atoms with Crippen molar-refractivity contribution in [1.82, 2.24) is 23.9 Å². The van der Waals surface area contributed by atoms with Crippen LogP contribution in [0.4, 0.5) is 0 Å². The summed E-state index contributed by atoms with van der Waals surface area (Å²) in [6.07, 6.45) is 9.31. The van der Waals surface area contributed by atoms with E-state index >= 15 is 0 Å². The molecule has 0 fully saturated rings. The molecule has 0 amide bonds. The summed E-state index contributed by atoms with van der Waals surface area (Å²) >= 11 is 0. The van der Waals surface area contributed by atoms with Gasteiger partial charge in [-0.25, -0.2) is 4.98 Å². The van der Waals surface area contributed by atoms with Crippen LogP contribution < -0.4 is 0 Å². The normalized spacial score (nSPS) is 12.4. The number of fused-ring (bicyclic) bond motifs is 5. The zero-order valence-electron chi connectivity index (χ0n) is 17.3. The lowest BCUT2D eigenvalue weighted by Gasteiger charge is -2.10. The predicted octanol–water partition coefficient (Wildman–Crippen LogP) is 5.52. The maximum absolute atomic E-state index is 9.25. The maximum atomic E-state index is 9.25. The van der Waals surface area contributed by atoms with Crippen molar-refractivity contribution < 1.29 is 0 Å². The highest BCUT2D eigenvalue weighted by atomic mass is 15.2. The van der Waals surface area contributed by atoms with Crippen molar-refractivity contribution in [3.8, 4) is 22.9 Å². The lowest BCUT2D eigenvalue weighted by Crippen LogP contribution is -1.97. The van der Waals surface area contributed by atoms with E-state index in [2.05, 4.69) is 61.4 Å². The summed E-state index contributed by atoms with van der Waals surface area (Å²) in [5, 5.41) is 10.3. The van der Waals surface area contributed by atoms with Crippen molar-refractivity contribution in [2.45, 2.75) is 12.8 Å². The second-order valence-electron chi connectivity index (χ2n) is 7.84. The molecule has 6 rings (SSSR count). The van der Waals surface area contributed by atoms with E-state index in [-0.39, 0.29) is 5.92 Å². The van der Waals surface area contributed by atoms with Crippen LogP contribution in [0.15, 0.2) is 85.6 Å². The van der Waals surface area contributed by atoms with E-state index in [4.69, 9.17) is 4.98 Å². The Morgan fingerprint density at radius 3 is 2.59 bits per heavy atom. The highest BCUT2D eigenvalue weighted by Crippen LogP contribution is 2.33. The zero-order chi connectivity index (χ0) is 21.7. The molecule has 0 aliphatic carbocycles. The summed E-state index contributed by atoms with van der Waals surface area (Å²) in [6.45, 7) is 1.91. The minimum atomic E-state index is -0.149. The van der Waals surface area contributed by atoms with Crippen LogP contribution in [0.1, 0.15) is 18.4 Å². The topological polar surface area (TPSA) is 71.8 Å². The van der Waals surface area contributed by atoms with Crippen LogP contribution in [0, 0.1) is 11.3 Å². The maximum Gasteiger partial charge on any atom is 0.219 e. The van der Waals surface area contributed by atoms with Gasteiger partial charge in [-0.1, -0.05) is 24.3 Å². The molecular weight excluding hydrogens is 396 g/mol. The molecule has 0 aliphatic heterocycles. The van der Waals surface area contributed by atoms with Crippen molar-refractivity contribution in [2.24, 2.45) is 0 Å². The van der Waals surface area contributed by atoms with Crippen LogP contribution in [0.5, 0.6) is 0 Å². The quantitative estimate of drug-likeness (QED) is 0.382. The highest BCUT2D eigenvalue weighted by molar-refractivity contribution is 6.06. The largest absolute Gasteiger partial charge is 0.282 e. The molecular formula is C26H18N6. The molecule has 1 atom stereocenters. The molecule has 152 valence electrons. The Labute approximate surface area is 184 Å². The summed E-state index contributed by atoms with van der Waals surface area (Å²) in [6, 6.07) is 20.7. The molecule has 6 nitrogen and oxygen atoms in total. The SMILES string of the molecule is CC(C#N)c1ccc(-n2c3c4cc(-c5cccnc5)ccc4ncc3n3ccnc23)cc1. The van der Waals surface area contributed by atoms with Gasteiger partial charge in [0.05, 0.1) is 34.7 Å². The van der Waals surface area contributed by atoms with Gasteiger partial charge in [0.2, 0.25) is 5.78 Å². The average molecular weight is 414 g/mol. The molecule has 6 aromatic rings. The van der Waals surface area contributed by atoms with Crippen molar-refractivity contribution in [3.05, 3.63) is 91.1 Å². The number of nitriles is 1. The molecule has 0 saturated heterocycles. The minimum absolute atomic E-state index is 0.149. The summed E-state index contributed by atoms with van der Waals surface area (Å²) in [4.78, 5) is 13.6. The van der Waals surface area contributed by atoms with Gasteiger partial charge in [-0.3, -0.25) is 18.9 Å². The first-order valence-corrected chi connectivity index (χ1v) is 10.4. The fraction of sp³-hybridized carbons (Fsp3) is 0.0769. The van der Waals surface area contributed by atoms with Gasteiger partial charge in [-0.05, 0) is 48.4 Å². The highest BCUT2D eigenvalue weighted by Gasteiger charge is 2.17. The van der Waals surface area contributed by atoms with Crippen LogP contribution in [0.25, 0.3) is 44.5 Å². The van der Waals surface area contributed by atoms with E-state index in [9.17, 15) is 5.26 Å². The lowest BCUT2D eigenvalue weighted by atomic mass is 10.0. The Morgan fingerprint density at radius 1 is 0.938 bits per heavy atom. The van der Waals surface area contributed by atoms with Crippen molar-refractivity contribution in [2.75, 3.05) is 0 Å². The van der Waals surface area contributed by atoms with Crippen molar-refractivity contribution >= 4 is 27.7 Å². The Balaban J connectivity index is 1.67. The Bertz CT molecular complexity index is 1640. The first-order valence-electron chi connectivity index (χ1n) is 10.4. The molecule has 0 radical (unpaired) electrons. The van der Waals surface area contributed by atoms with Gasteiger partial charge in [0.25, 0.3) is 0 Å². The number of pyridine rings is 2. The molecule has 32 heavy (non-hydrogen) atoms. The number of imidazole rings is 2. The van der Waals surface area contributed by atoms with Crippen molar-refractivity contribution in [3.63, 3.8) is 0 Å². The van der Waals surface area contributed by atoms with Gasteiger partial charge in [0, 0.05) is 41.4 Å². The van der Waals surface area contributed by atoms with Crippen LogP contribution >= 0.6 is 0 Å². The molecule has 0 N–H and O–H groups in total. The van der Waals surface area contributed by atoms with Gasteiger partial charge in [-0.2, -0.15) is 5.26 Å². The van der Waals surface area contributed by atoms with E-state index in [0.717, 1.165) is 50.1 Å². The number of benzene rings is 2. The summed E-state index contributed by atoms with van der Waals surface area (Å²) in [5.41, 5.74) is 7.09. The number of aromatic nitrogens is 5. The molecule has 4 heterocycles. The molecule has 1 unspecified atom stereocenters. The van der Waals surface area contributed by atoms with Crippen LogP contribution in [-0.4, -0.2) is 23.9 Å². The van der Waals surface area contributed by atoms with Crippen LogP contribution in [-0.2, 0) is 0 Å². The standard InChI is InChI=1S/C26H18N6/c1-17(14-27)18-4-7-21(8-5-18)32-25-22-13-19(20-3-2-10-28-15-20)6-9-23(22)30-16-24(25)31-12-11-29-26(31)32/h2-13,15-17H,1H3. The van der Waals surface area contributed by atoms with E-state index < -0.39 is 0 Å². The second-order valence-corrected chi connectivity index (χ2v) is 7.84. The molecule has 4 aromatic heterocycles. The fourth-order valence-corrected chi connectivity index (χ4v) is 4.27. The molecule has 6 heteroatoms. The van der Waals surface area contributed by atoms with Gasteiger partial charge < -0.3 is 0 Å². The smallest absolute Gasteiger partial charge is 0.219 e. The van der Waals surface area contributed by atoms with E-state index in [1.54, 1.807) is 12.4 Å². The number of nitrogens with zero attached hydrogens (tertiary/aromatic N) is 6. The third kappa shape index (κ3) is 2.69. The van der Waals surface area contributed by atoms with Crippen LogP contribution in [0.3, 0.4) is 0 Å². The van der Waals surface area contributed by atoms with Gasteiger partial charge in [0.15, 0.2) is 0 Å². The molecule has 0 spiro atoms. The summed E-state index contributed by atoms with van der Waals surface area (Å²) in [7, 11) is 0. The zero-order valence-corrected chi connectivity index (χ0v) is 17.3. The Hall–Kier alpha value is -4.50. The number of rotatable bonds is 3. The summed E-state index contributed by atoms with van der Waals surface area (Å²) in [5.74, 6) is 0.672. The third-order valence-corrected chi connectivity index (χ3v) is 5.96.